The highest BCUT2D eigenvalue weighted by Gasteiger charge is 2.21. The summed E-state index contributed by atoms with van der Waals surface area (Å²) in [5.41, 5.74) is 2.08. The van der Waals surface area contributed by atoms with Crippen LogP contribution in [0.1, 0.15) is 25.0 Å². The third-order valence-electron chi connectivity index (χ3n) is 4.15. The minimum atomic E-state index is -0.170. The van der Waals surface area contributed by atoms with Gasteiger partial charge in [0.15, 0.2) is 0 Å². The van der Waals surface area contributed by atoms with Crippen LogP contribution >= 0.6 is 11.6 Å². The van der Waals surface area contributed by atoms with Crippen LogP contribution in [0.15, 0.2) is 48.5 Å². The molecule has 0 spiro atoms. The summed E-state index contributed by atoms with van der Waals surface area (Å²) in [7, 11) is 1.65. The number of ether oxygens (including phenoxy) is 1. The highest BCUT2D eigenvalue weighted by atomic mass is 35.5. The van der Waals surface area contributed by atoms with E-state index in [4.69, 9.17) is 16.3 Å². The fourth-order valence-corrected chi connectivity index (χ4v) is 2.73. The minimum Gasteiger partial charge on any atom is -0.497 e. The molecular weight excluding hydrogens is 336 g/mol. The molecule has 0 bridgehead atoms. The van der Waals surface area contributed by atoms with Gasteiger partial charge in [0.1, 0.15) is 5.75 Å². The number of benzene rings is 2. The van der Waals surface area contributed by atoms with E-state index in [1.54, 1.807) is 7.11 Å². The maximum absolute atomic E-state index is 12.0. The van der Waals surface area contributed by atoms with Crippen LogP contribution in [-0.2, 0) is 11.8 Å². The lowest BCUT2D eigenvalue weighted by atomic mass is 9.84. The van der Waals surface area contributed by atoms with Crippen molar-refractivity contribution in [3.63, 3.8) is 0 Å². The predicted octanol–water partition coefficient (Wildman–Crippen LogP) is 4.17. The van der Waals surface area contributed by atoms with Crippen LogP contribution in [0.25, 0.3) is 0 Å². The molecule has 25 heavy (non-hydrogen) atoms. The molecule has 4 nitrogen and oxygen atoms in total. The van der Waals surface area contributed by atoms with Gasteiger partial charge >= 0.3 is 6.03 Å². The van der Waals surface area contributed by atoms with E-state index in [1.807, 2.05) is 48.5 Å². The summed E-state index contributed by atoms with van der Waals surface area (Å²) in [6.45, 7) is 5.31. The maximum Gasteiger partial charge on any atom is 0.314 e. The summed E-state index contributed by atoms with van der Waals surface area (Å²) in [5, 5.41) is 6.53. The number of carbonyl (C=O) groups is 1. The molecule has 0 saturated heterocycles. The van der Waals surface area contributed by atoms with E-state index < -0.39 is 0 Å². The molecule has 2 aromatic carbocycles. The molecular formula is C20H25ClN2O2. The van der Waals surface area contributed by atoms with Crippen LogP contribution in [0.2, 0.25) is 5.02 Å². The van der Waals surface area contributed by atoms with Gasteiger partial charge in [0.2, 0.25) is 0 Å². The fourth-order valence-electron chi connectivity index (χ4n) is 2.52. The normalized spacial score (nSPS) is 11.0. The molecule has 0 fully saturated rings. The Labute approximate surface area is 154 Å². The van der Waals surface area contributed by atoms with Crippen molar-refractivity contribution < 1.29 is 9.53 Å². The summed E-state index contributed by atoms with van der Waals surface area (Å²) < 4.78 is 5.18. The summed E-state index contributed by atoms with van der Waals surface area (Å²) in [6.07, 6.45) is 0.746. The second-order valence-electron chi connectivity index (χ2n) is 6.60. The zero-order valence-corrected chi connectivity index (χ0v) is 15.7. The van der Waals surface area contributed by atoms with Crippen molar-refractivity contribution in [3.8, 4) is 5.75 Å². The Morgan fingerprint density at radius 3 is 2.48 bits per heavy atom. The van der Waals surface area contributed by atoms with Gasteiger partial charge in [-0.2, -0.15) is 0 Å². The van der Waals surface area contributed by atoms with E-state index in [0.29, 0.717) is 18.1 Å². The molecule has 5 heteroatoms. The molecule has 0 atom stereocenters. The third-order valence-corrected chi connectivity index (χ3v) is 4.39. The molecule has 0 radical (unpaired) electrons. The van der Waals surface area contributed by atoms with Crippen LogP contribution in [0.5, 0.6) is 5.75 Å². The van der Waals surface area contributed by atoms with E-state index in [1.165, 1.54) is 0 Å². The Bertz CT molecular complexity index is 699. The molecule has 0 unspecified atom stereocenters. The van der Waals surface area contributed by atoms with Gasteiger partial charge in [-0.15, -0.1) is 0 Å². The van der Waals surface area contributed by atoms with Crippen LogP contribution in [0.4, 0.5) is 4.79 Å². The first-order chi connectivity index (χ1) is 11.9. The van der Waals surface area contributed by atoms with Gasteiger partial charge in [-0.05, 0) is 41.8 Å². The topological polar surface area (TPSA) is 50.4 Å². The van der Waals surface area contributed by atoms with Crippen molar-refractivity contribution in [3.05, 3.63) is 64.7 Å². The Kier molecular flexibility index (Phi) is 6.71. The number of amides is 2. The number of halogens is 1. The van der Waals surface area contributed by atoms with Crippen LogP contribution in [0.3, 0.4) is 0 Å². The lowest BCUT2D eigenvalue weighted by Gasteiger charge is -2.26. The second kappa shape index (κ2) is 8.77. The van der Waals surface area contributed by atoms with E-state index in [0.717, 1.165) is 23.3 Å². The number of hydrogen-bond acceptors (Lipinski definition) is 2. The van der Waals surface area contributed by atoms with Gasteiger partial charge in [-0.1, -0.05) is 49.7 Å². The second-order valence-corrected chi connectivity index (χ2v) is 7.04. The Hall–Kier alpha value is -2.20. The number of nitrogens with one attached hydrogen (secondary N) is 2. The van der Waals surface area contributed by atoms with E-state index in [2.05, 4.69) is 24.5 Å². The van der Waals surface area contributed by atoms with Crippen molar-refractivity contribution in [2.24, 2.45) is 0 Å². The Balaban J connectivity index is 1.77. The average Bonchev–Trinajstić information content (AvgIpc) is 2.60. The number of rotatable bonds is 7. The van der Waals surface area contributed by atoms with E-state index in [-0.39, 0.29) is 11.4 Å². The number of urea groups is 1. The van der Waals surface area contributed by atoms with Crippen LogP contribution in [-0.4, -0.2) is 26.2 Å². The molecule has 2 amide bonds. The van der Waals surface area contributed by atoms with Gasteiger partial charge in [0.25, 0.3) is 0 Å². The molecule has 0 aliphatic rings. The van der Waals surface area contributed by atoms with Crippen LogP contribution < -0.4 is 15.4 Å². The molecule has 2 aromatic rings. The van der Waals surface area contributed by atoms with Gasteiger partial charge in [-0.25, -0.2) is 4.79 Å². The first-order valence-electron chi connectivity index (χ1n) is 8.31. The van der Waals surface area contributed by atoms with E-state index >= 15 is 0 Å². The molecule has 2 rings (SSSR count). The molecule has 0 heterocycles. The summed E-state index contributed by atoms with van der Waals surface area (Å²) in [4.78, 5) is 12.0. The number of methoxy groups -OCH3 is 1. The zero-order valence-electron chi connectivity index (χ0n) is 14.9. The molecule has 0 aromatic heterocycles. The monoisotopic (exact) mass is 360 g/mol. The first kappa shape index (κ1) is 19.1. The van der Waals surface area contributed by atoms with Crippen molar-refractivity contribution in [2.45, 2.75) is 25.7 Å². The highest BCUT2D eigenvalue weighted by molar-refractivity contribution is 6.30. The van der Waals surface area contributed by atoms with Crippen molar-refractivity contribution in [2.75, 3.05) is 20.2 Å². The highest BCUT2D eigenvalue weighted by Crippen LogP contribution is 2.24. The van der Waals surface area contributed by atoms with Gasteiger partial charge in [-0.3, -0.25) is 0 Å². The lowest BCUT2D eigenvalue weighted by molar-refractivity contribution is 0.238. The number of carbonyl (C=O) groups excluding carboxylic acids is 1. The SMILES string of the molecule is COc1ccc(C(C)(C)CNC(=O)NCCc2cccc(Cl)c2)cc1. The fraction of sp³-hybridized carbons (Fsp3) is 0.350. The zero-order chi connectivity index (χ0) is 18.3. The third kappa shape index (κ3) is 5.98. The summed E-state index contributed by atoms with van der Waals surface area (Å²) >= 11 is 5.96. The summed E-state index contributed by atoms with van der Waals surface area (Å²) in [5.74, 6) is 0.825. The van der Waals surface area contributed by atoms with Gasteiger partial charge in [0, 0.05) is 23.5 Å². The molecule has 2 N–H and O–H groups in total. The maximum atomic E-state index is 12.0. The lowest BCUT2D eigenvalue weighted by Crippen LogP contribution is -2.42. The molecule has 0 aliphatic heterocycles. The molecule has 0 saturated carbocycles. The van der Waals surface area contributed by atoms with Crippen molar-refractivity contribution >= 4 is 17.6 Å². The molecule has 0 aliphatic carbocycles. The Morgan fingerprint density at radius 1 is 1.12 bits per heavy atom. The van der Waals surface area contributed by atoms with Crippen molar-refractivity contribution in [1.29, 1.82) is 0 Å². The smallest absolute Gasteiger partial charge is 0.314 e. The minimum absolute atomic E-state index is 0.163. The number of hydrogen-bond donors (Lipinski definition) is 2. The summed E-state index contributed by atoms with van der Waals surface area (Å²) in [6, 6.07) is 15.4. The predicted molar refractivity (Wildman–Crippen MR) is 103 cm³/mol. The van der Waals surface area contributed by atoms with Gasteiger partial charge in [0.05, 0.1) is 7.11 Å². The Morgan fingerprint density at radius 2 is 1.84 bits per heavy atom. The standard InChI is InChI=1S/C20H25ClN2O2/c1-20(2,16-7-9-18(25-3)10-8-16)14-23-19(24)22-12-11-15-5-4-6-17(21)13-15/h4-10,13H,11-12,14H2,1-3H3,(H2,22,23,24). The van der Waals surface area contributed by atoms with Crippen LogP contribution in [0, 0.1) is 0 Å². The largest absolute Gasteiger partial charge is 0.497 e. The average molecular weight is 361 g/mol. The van der Waals surface area contributed by atoms with Crippen molar-refractivity contribution in [1.82, 2.24) is 10.6 Å². The first-order valence-corrected chi connectivity index (χ1v) is 8.69. The van der Waals surface area contributed by atoms with E-state index in [9.17, 15) is 4.79 Å². The quantitative estimate of drug-likeness (QED) is 0.778. The van der Waals surface area contributed by atoms with Gasteiger partial charge < -0.3 is 15.4 Å². The molecule has 134 valence electrons.